The molecule has 0 saturated heterocycles. The van der Waals surface area contributed by atoms with Gasteiger partial charge in [-0.05, 0) is 65.7 Å². The molecule has 3 heteroatoms. The van der Waals surface area contributed by atoms with Gasteiger partial charge >= 0.3 is 5.97 Å². The minimum atomic E-state index is -1.28. The van der Waals surface area contributed by atoms with Crippen LogP contribution in [0.3, 0.4) is 0 Å². The van der Waals surface area contributed by atoms with Crippen molar-refractivity contribution in [2.45, 2.75) is 67.6 Å². The van der Waals surface area contributed by atoms with Gasteiger partial charge in [0.15, 0.2) is 0 Å². The highest BCUT2D eigenvalue weighted by molar-refractivity contribution is 6.88. The zero-order chi connectivity index (χ0) is 20.6. The third-order valence-corrected chi connectivity index (χ3v) is 7.17. The molecule has 0 spiro atoms. The van der Waals surface area contributed by atoms with Crippen LogP contribution in [0.4, 0.5) is 0 Å². The monoisotopic (exact) mass is 382 g/mol. The summed E-state index contributed by atoms with van der Waals surface area (Å²) in [4.78, 5) is 12.3. The lowest BCUT2D eigenvalue weighted by atomic mass is 9.97. The van der Waals surface area contributed by atoms with Gasteiger partial charge in [-0.1, -0.05) is 48.8 Å². The van der Waals surface area contributed by atoms with Crippen LogP contribution in [-0.2, 0) is 9.53 Å². The molecule has 0 amide bonds. The lowest BCUT2D eigenvalue weighted by Gasteiger charge is -2.19. The van der Waals surface area contributed by atoms with E-state index in [1.807, 2.05) is 34.6 Å². The van der Waals surface area contributed by atoms with E-state index in [1.165, 1.54) is 5.19 Å². The molecule has 2 atom stereocenters. The Hall–Kier alpha value is -1.79. The van der Waals surface area contributed by atoms with E-state index < -0.39 is 13.5 Å². The first-order valence-electron chi connectivity index (χ1n) is 9.77. The largest absolute Gasteiger partial charge is 0.430 e. The van der Waals surface area contributed by atoms with Crippen LogP contribution >= 0.6 is 0 Å². The SMILES string of the molecule is CC(C)=C(OC(=O)C(C)(C)C)C1CC1(C)C#Cc1ccc([Si](C)(C)C)cc1. The van der Waals surface area contributed by atoms with Crippen LogP contribution in [0.1, 0.15) is 53.5 Å². The molecule has 146 valence electrons. The number of allylic oxidation sites excluding steroid dienone is 2. The Kier molecular flexibility index (Phi) is 5.83. The second-order valence-corrected chi connectivity index (χ2v) is 15.3. The zero-order valence-corrected chi connectivity index (χ0v) is 19.4. The third-order valence-electron chi connectivity index (χ3n) is 5.10. The minimum Gasteiger partial charge on any atom is -0.430 e. The van der Waals surface area contributed by atoms with Crippen LogP contribution in [0.5, 0.6) is 0 Å². The average Bonchev–Trinajstić information content (AvgIpc) is 3.20. The molecule has 0 heterocycles. The average molecular weight is 383 g/mol. The van der Waals surface area contributed by atoms with Crippen LogP contribution in [0.25, 0.3) is 0 Å². The number of benzene rings is 1. The maximum absolute atomic E-state index is 12.3. The van der Waals surface area contributed by atoms with Crippen molar-refractivity contribution in [3.8, 4) is 11.8 Å². The Morgan fingerprint density at radius 1 is 1.15 bits per heavy atom. The summed E-state index contributed by atoms with van der Waals surface area (Å²) < 4.78 is 5.78. The maximum atomic E-state index is 12.3. The molecule has 1 saturated carbocycles. The molecular weight excluding hydrogens is 348 g/mol. The number of carbonyl (C=O) groups is 1. The minimum absolute atomic E-state index is 0.123. The fraction of sp³-hybridized carbons (Fsp3) is 0.542. The van der Waals surface area contributed by atoms with E-state index in [-0.39, 0.29) is 17.3 Å². The molecule has 0 radical (unpaired) electrons. The number of carbonyl (C=O) groups excluding carboxylic acids is 1. The molecular formula is C24H34O2Si. The molecule has 1 fully saturated rings. The van der Waals surface area contributed by atoms with E-state index in [0.717, 1.165) is 23.3 Å². The van der Waals surface area contributed by atoms with E-state index in [4.69, 9.17) is 4.74 Å². The maximum Gasteiger partial charge on any atom is 0.316 e. The lowest BCUT2D eigenvalue weighted by Crippen LogP contribution is -2.37. The van der Waals surface area contributed by atoms with E-state index in [0.29, 0.717) is 0 Å². The number of esters is 1. The summed E-state index contributed by atoms with van der Waals surface area (Å²) in [7, 11) is -1.28. The van der Waals surface area contributed by atoms with Crippen LogP contribution < -0.4 is 5.19 Å². The number of rotatable bonds is 3. The van der Waals surface area contributed by atoms with Crippen LogP contribution in [0, 0.1) is 28.6 Å². The van der Waals surface area contributed by atoms with Gasteiger partial charge in [0.1, 0.15) is 5.76 Å². The van der Waals surface area contributed by atoms with Crippen LogP contribution in [-0.4, -0.2) is 14.0 Å². The third kappa shape index (κ3) is 5.36. The molecule has 2 nitrogen and oxygen atoms in total. The molecule has 0 bridgehead atoms. The smallest absolute Gasteiger partial charge is 0.316 e. The van der Waals surface area contributed by atoms with Crippen molar-refractivity contribution in [2.75, 3.05) is 0 Å². The summed E-state index contributed by atoms with van der Waals surface area (Å²) in [6, 6.07) is 8.69. The highest BCUT2D eigenvalue weighted by Crippen LogP contribution is 2.56. The van der Waals surface area contributed by atoms with Crippen LogP contribution in [0.2, 0.25) is 19.6 Å². The molecule has 1 aliphatic carbocycles. The Bertz CT molecular complexity index is 803. The van der Waals surface area contributed by atoms with Crippen molar-refractivity contribution >= 4 is 19.2 Å². The van der Waals surface area contributed by atoms with Crippen LogP contribution in [0.15, 0.2) is 35.6 Å². The van der Waals surface area contributed by atoms with Crippen molar-refractivity contribution in [1.29, 1.82) is 0 Å². The molecule has 1 aliphatic rings. The van der Waals surface area contributed by atoms with Gasteiger partial charge in [-0.3, -0.25) is 4.79 Å². The predicted octanol–water partition coefficient (Wildman–Crippen LogP) is 5.49. The zero-order valence-electron chi connectivity index (χ0n) is 18.4. The highest BCUT2D eigenvalue weighted by Gasteiger charge is 2.53. The van der Waals surface area contributed by atoms with Crippen molar-refractivity contribution in [3.63, 3.8) is 0 Å². The molecule has 0 aliphatic heterocycles. The number of hydrogen-bond donors (Lipinski definition) is 0. The van der Waals surface area contributed by atoms with Gasteiger partial charge in [0.05, 0.1) is 13.5 Å². The van der Waals surface area contributed by atoms with Gasteiger partial charge in [0.25, 0.3) is 0 Å². The lowest BCUT2D eigenvalue weighted by molar-refractivity contribution is -0.149. The van der Waals surface area contributed by atoms with Crippen molar-refractivity contribution in [3.05, 3.63) is 41.2 Å². The quantitative estimate of drug-likeness (QED) is 0.299. The van der Waals surface area contributed by atoms with Gasteiger partial charge in [0.2, 0.25) is 0 Å². The number of ether oxygens (including phenoxy) is 1. The summed E-state index contributed by atoms with van der Waals surface area (Å²) in [6.45, 7) is 18.9. The molecule has 27 heavy (non-hydrogen) atoms. The van der Waals surface area contributed by atoms with Gasteiger partial charge in [-0.2, -0.15) is 0 Å². The summed E-state index contributed by atoms with van der Waals surface area (Å²) in [5, 5.41) is 1.45. The van der Waals surface area contributed by atoms with Gasteiger partial charge in [0, 0.05) is 16.9 Å². The highest BCUT2D eigenvalue weighted by atomic mass is 28.3. The van der Waals surface area contributed by atoms with Gasteiger partial charge in [-0.15, -0.1) is 0 Å². The number of hydrogen-bond acceptors (Lipinski definition) is 2. The summed E-state index contributed by atoms with van der Waals surface area (Å²) in [5.41, 5.74) is 1.48. The molecule has 0 aromatic heterocycles. The first kappa shape index (κ1) is 21.5. The molecule has 2 rings (SSSR count). The molecule has 0 N–H and O–H groups in total. The molecule has 1 aromatic rings. The first-order valence-corrected chi connectivity index (χ1v) is 13.3. The molecule has 1 aromatic carbocycles. The van der Waals surface area contributed by atoms with Gasteiger partial charge < -0.3 is 4.74 Å². The Morgan fingerprint density at radius 3 is 2.15 bits per heavy atom. The van der Waals surface area contributed by atoms with Crippen molar-refractivity contribution < 1.29 is 9.53 Å². The summed E-state index contributed by atoms with van der Waals surface area (Å²) in [5.74, 6) is 7.60. The van der Waals surface area contributed by atoms with E-state index in [1.54, 1.807) is 0 Å². The summed E-state index contributed by atoms with van der Waals surface area (Å²) in [6.07, 6.45) is 0.935. The van der Waals surface area contributed by atoms with E-state index in [2.05, 4.69) is 62.7 Å². The summed E-state index contributed by atoms with van der Waals surface area (Å²) >= 11 is 0. The van der Waals surface area contributed by atoms with E-state index in [9.17, 15) is 4.79 Å². The van der Waals surface area contributed by atoms with Crippen molar-refractivity contribution in [1.82, 2.24) is 0 Å². The Morgan fingerprint density at radius 2 is 1.70 bits per heavy atom. The van der Waals surface area contributed by atoms with Crippen molar-refractivity contribution in [2.24, 2.45) is 16.7 Å². The first-order chi connectivity index (χ1) is 12.2. The Balaban J connectivity index is 2.15. The normalized spacial score (nSPS) is 21.7. The second-order valence-electron chi connectivity index (χ2n) is 10.3. The Labute approximate surface area is 166 Å². The molecule has 2 unspecified atom stereocenters. The fourth-order valence-corrected chi connectivity index (χ4v) is 4.10. The topological polar surface area (TPSA) is 26.3 Å². The van der Waals surface area contributed by atoms with Gasteiger partial charge in [-0.25, -0.2) is 0 Å². The standard InChI is InChI=1S/C24H34O2Si/c1-17(2)21(26-22(25)23(3,4)5)20-16-24(20,6)15-14-18-10-12-19(13-11-18)27(7,8)9/h10-13,20H,16H2,1-9H3. The second kappa shape index (κ2) is 7.32. The van der Waals surface area contributed by atoms with E-state index >= 15 is 0 Å². The predicted molar refractivity (Wildman–Crippen MR) is 116 cm³/mol. The fourth-order valence-electron chi connectivity index (χ4n) is 2.93.